The second-order valence-corrected chi connectivity index (χ2v) is 8.67. The topological polar surface area (TPSA) is 92.1 Å². The van der Waals surface area contributed by atoms with Crippen molar-refractivity contribution in [2.24, 2.45) is 5.73 Å². The molecule has 2 unspecified atom stereocenters. The maximum Gasteiger partial charge on any atom is 0.256 e. The predicted octanol–water partition coefficient (Wildman–Crippen LogP) is 4.08. The molecular weight excluding hydrogens is 374 g/mol. The van der Waals surface area contributed by atoms with Gasteiger partial charge < -0.3 is 21.7 Å². The van der Waals surface area contributed by atoms with Crippen molar-refractivity contribution in [2.75, 3.05) is 11.9 Å². The van der Waals surface area contributed by atoms with Crippen molar-refractivity contribution in [2.45, 2.75) is 84.0 Å². The Morgan fingerprint density at radius 3 is 2.70 bits per heavy atom. The summed E-state index contributed by atoms with van der Waals surface area (Å²) in [7, 11) is 0. The van der Waals surface area contributed by atoms with Gasteiger partial charge in [-0.05, 0) is 57.7 Å². The third-order valence-electron chi connectivity index (χ3n) is 5.93. The van der Waals surface area contributed by atoms with Gasteiger partial charge in [-0.3, -0.25) is 4.79 Å². The second kappa shape index (κ2) is 10.7. The molecule has 1 aromatic carbocycles. The van der Waals surface area contributed by atoms with Crippen LogP contribution in [0.4, 0.5) is 5.82 Å². The quantitative estimate of drug-likeness (QED) is 0.467. The number of aromatic nitrogens is 1. The molecule has 1 aliphatic rings. The third kappa shape index (κ3) is 6.16. The highest BCUT2D eigenvalue weighted by atomic mass is 16.1. The van der Waals surface area contributed by atoms with Gasteiger partial charge >= 0.3 is 0 Å². The first kappa shape index (κ1) is 22.5. The molecule has 2 aromatic rings. The first-order chi connectivity index (χ1) is 14.5. The van der Waals surface area contributed by atoms with Crippen molar-refractivity contribution in [3.05, 3.63) is 35.4 Å². The second-order valence-electron chi connectivity index (χ2n) is 8.67. The molecule has 0 aliphatic heterocycles. The fourth-order valence-corrected chi connectivity index (χ4v) is 4.26. The number of carbonyl (C=O) groups is 1. The number of rotatable bonds is 9. The molecule has 0 saturated heterocycles. The number of carbonyl (C=O) groups excluding carboxylic acids is 1. The number of nitrogens with zero attached hydrogens (tertiary/aromatic N) is 1. The number of fused-ring (bicyclic) bond motifs is 1. The molecule has 1 amide bonds. The molecule has 3 rings (SSSR count). The van der Waals surface area contributed by atoms with Gasteiger partial charge in [0.05, 0.1) is 17.2 Å². The standard InChI is InChI=1S/C24H37N5O/c1-4-19(28-20-8-6-5-7-9-20)12-13-26-23-21(24(30)27-17(3)25)15-18-14-16(2)10-11-22(18)29-23/h10-11,14-15,17,19-20,28H,4-9,12-13,25H2,1-3H3,(H,26,29)(H,27,30). The smallest absolute Gasteiger partial charge is 0.256 e. The van der Waals surface area contributed by atoms with E-state index in [0.717, 1.165) is 35.9 Å². The molecule has 1 heterocycles. The third-order valence-corrected chi connectivity index (χ3v) is 5.93. The maximum absolute atomic E-state index is 12.7. The summed E-state index contributed by atoms with van der Waals surface area (Å²) in [5.74, 6) is 0.424. The predicted molar refractivity (Wildman–Crippen MR) is 125 cm³/mol. The van der Waals surface area contributed by atoms with Crippen LogP contribution in [0.5, 0.6) is 0 Å². The molecule has 1 saturated carbocycles. The van der Waals surface area contributed by atoms with Crippen LogP contribution in [0.25, 0.3) is 10.9 Å². The Bertz CT molecular complexity index is 845. The first-order valence-corrected chi connectivity index (χ1v) is 11.4. The van der Waals surface area contributed by atoms with Crippen molar-refractivity contribution in [1.29, 1.82) is 0 Å². The van der Waals surface area contributed by atoms with Crippen LogP contribution in [0.15, 0.2) is 24.3 Å². The minimum Gasteiger partial charge on any atom is -0.369 e. The maximum atomic E-state index is 12.7. The molecule has 1 aromatic heterocycles. The van der Waals surface area contributed by atoms with E-state index in [1.165, 1.54) is 32.1 Å². The SMILES string of the molecule is CCC(CCNc1nc2ccc(C)cc2cc1C(=O)NC(C)N)NC1CCCCC1. The van der Waals surface area contributed by atoms with Crippen molar-refractivity contribution in [3.63, 3.8) is 0 Å². The van der Waals surface area contributed by atoms with E-state index in [2.05, 4.69) is 28.9 Å². The number of pyridine rings is 1. The summed E-state index contributed by atoms with van der Waals surface area (Å²) in [6, 6.07) is 9.14. The van der Waals surface area contributed by atoms with E-state index in [0.29, 0.717) is 23.5 Å². The molecule has 1 fully saturated rings. The van der Waals surface area contributed by atoms with Crippen molar-refractivity contribution in [1.82, 2.24) is 15.6 Å². The number of aryl methyl sites for hydroxylation is 1. The number of benzene rings is 1. The number of nitrogens with one attached hydrogen (secondary N) is 3. The summed E-state index contributed by atoms with van der Waals surface area (Å²) in [6.45, 7) is 6.80. The van der Waals surface area contributed by atoms with Gasteiger partial charge in [0.25, 0.3) is 5.91 Å². The normalized spacial score (nSPS) is 16.9. The Balaban J connectivity index is 1.71. The number of nitrogens with two attached hydrogens (primary N) is 1. The van der Waals surface area contributed by atoms with Crippen molar-refractivity contribution < 1.29 is 4.79 Å². The summed E-state index contributed by atoms with van der Waals surface area (Å²) in [4.78, 5) is 17.5. The van der Waals surface area contributed by atoms with Crippen LogP contribution < -0.4 is 21.7 Å². The molecule has 0 spiro atoms. The largest absolute Gasteiger partial charge is 0.369 e. The lowest BCUT2D eigenvalue weighted by Gasteiger charge is -2.28. The van der Waals surface area contributed by atoms with Gasteiger partial charge in [0.1, 0.15) is 5.82 Å². The van der Waals surface area contributed by atoms with E-state index in [-0.39, 0.29) is 5.91 Å². The minimum absolute atomic E-state index is 0.198. The Morgan fingerprint density at radius 1 is 1.23 bits per heavy atom. The van der Waals surface area contributed by atoms with Crippen molar-refractivity contribution in [3.8, 4) is 0 Å². The van der Waals surface area contributed by atoms with Crippen LogP contribution in [0.1, 0.15) is 74.7 Å². The van der Waals surface area contributed by atoms with Crippen LogP contribution >= 0.6 is 0 Å². The summed E-state index contributed by atoms with van der Waals surface area (Å²) in [5.41, 5.74) is 8.35. The van der Waals surface area contributed by atoms with Crippen LogP contribution in [-0.2, 0) is 0 Å². The van der Waals surface area contributed by atoms with Crippen LogP contribution in [-0.4, -0.2) is 35.7 Å². The van der Waals surface area contributed by atoms with Gasteiger partial charge in [0.2, 0.25) is 0 Å². The van der Waals surface area contributed by atoms with Gasteiger partial charge in [-0.25, -0.2) is 4.98 Å². The van der Waals surface area contributed by atoms with Gasteiger partial charge in [-0.2, -0.15) is 0 Å². The van der Waals surface area contributed by atoms with Gasteiger partial charge in [0.15, 0.2) is 0 Å². The van der Waals surface area contributed by atoms with Crippen LogP contribution in [0, 0.1) is 6.92 Å². The van der Waals surface area contributed by atoms with E-state index >= 15 is 0 Å². The average molecular weight is 412 g/mol. The number of anilines is 1. The molecule has 6 nitrogen and oxygen atoms in total. The highest BCUT2D eigenvalue weighted by Crippen LogP contribution is 2.23. The first-order valence-electron chi connectivity index (χ1n) is 11.4. The van der Waals surface area contributed by atoms with Gasteiger partial charge in [-0.1, -0.05) is 37.8 Å². The minimum atomic E-state index is -0.414. The number of hydrogen-bond acceptors (Lipinski definition) is 5. The summed E-state index contributed by atoms with van der Waals surface area (Å²) >= 11 is 0. The van der Waals surface area contributed by atoms with E-state index in [4.69, 9.17) is 10.7 Å². The summed E-state index contributed by atoms with van der Waals surface area (Å²) in [6.07, 6.45) is 8.30. The zero-order valence-corrected chi connectivity index (χ0v) is 18.6. The number of hydrogen-bond donors (Lipinski definition) is 4. The Morgan fingerprint density at radius 2 is 2.00 bits per heavy atom. The molecule has 5 N–H and O–H groups in total. The zero-order valence-electron chi connectivity index (χ0n) is 18.6. The fourth-order valence-electron chi connectivity index (χ4n) is 4.26. The van der Waals surface area contributed by atoms with Crippen LogP contribution in [0.3, 0.4) is 0 Å². The van der Waals surface area contributed by atoms with E-state index in [1.54, 1.807) is 6.92 Å². The Kier molecular flexibility index (Phi) is 8.05. The molecule has 1 aliphatic carbocycles. The lowest BCUT2D eigenvalue weighted by Crippen LogP contribution is -2.40. The molecule has 6 heteroatoms. The van der Waals surface area contributed by atoms with Gasteiger partial charge in [-0.15, -0.1) is 0 Å². The van der Waals surface area contributed by atoms with Crippen molar-refractivity contribution >= 4 is 22.6 Å². The number of amides is 1. The zero-order chi connectivity index (χ0) is 21.5. The monoisotopic (exact) mass is 411 g/mol. The van der Waals surface area contributed by atoms with Crippen LogP contribution in [0.2, 0.25) is 0 Å². The molecule has 164 valence electrons. The molecular formula is C24H37N5O. The van der Waals surface area contributed by atoms with E-state index < -0.39 is 6.17 Å². The van der Waals surface area contributed by atoms with E-state index in [9.17, 15) is 4.79 Å². The lowest BCUT2D eigenvalue weighted by atomic mass is 9.94. The Labute approximate surface area is 180 Å². The molecule has 0 radical (unpaired) electrons. The average Bonchev–Trinajstić information content (AvgIpc) is 2.72. The Hall–Kier alpha value is -2.18. The molecule has 30 heavy (non-hydrogen) atoms. The van der Waals surface area contributed by atoms with Gasteiger partial charge in [0, 0.05) is 24.0 Å². The molecule has 0 bridgehead atoms. The summed E-state index contributed by atoms with van der Waals surface area (Å²) < 4.78 is 0. The van der Waals surface area contributed by atoms with E-state index in [1.807, 2.05) is 25.1 Å². The lowest BCUT2D eigenvalue weighted by molar-refractivity contribution is 0.0942. The highest BCUT2D eigenvalue weighted by Gasteiger charge is 2.18. The highest BCUT2D eigenvalue weighted by molar-refractivity contribution is 6.02. The fraction of sp³-hybridized carbons (Fsp3) is 0.583. The summed E-state index contributed by atoms with van der Waals surface area (Å²) in [5, 5.41) is 11.0. The molecule has 2 atom stereocenters.